The number of nitrogens with zero attached hydrogens (tertiary/aromatic N) is 3. The van der Waals surface area contributed by atoms with Gasteiger partial charge in [0.05, 0.1) is 7.11 Å². The highest BCUT2D eigenvalue weighted by molar-refractivity contribution is 5.94. The number of methoxy groups -OCH3 is 1. The molecule has 0 atom stereocenters. The van der Waals surface area contributed by atoms with E-state index in [1.807, 2.05) is 0 Å². The van der Waals surface area contributed by atoms with Crippen molar-refractivity contribution in [2.75, 3.05) is 7.11 Å². The van der Waals surface area contributed by atoms with Crippen LogP contribution >= 0.6 is 0 Å². The summed E-state index contributed by atoms with van der Waals surface area (Å²) in [7, 11) is 1.47. The zero-order chi connectivity index (χ0) is 8.81. The third-order valence-electron chi connectivity index (χ3n) is 1.27. The molecule has 0 saturated carbocycles. The summed E-state index contributed by atoms with van der Waals surface area (Å²) in [6.45, 7) is 0. The highest BCUT2D eigenvalue weighted by Gasteiger charge is 2.00. The molecule has 0 aliphatic carbocycles. The zero-order valence-electron chi connectivity index (χ0n) is 6.56. The van der Waals surface area contributed by atoms with Crippen LogP contribution in [0.4, 0.5) is 0 Å². The highest BCUT2D eigenvalue weighted by atomic mass is 16.5. The molecule has 0 spiro atoms. The van der Waals surface area contributed by atoms with E-state index in [4.69, 9.17) is 10.00 Å². The molecule has 0 aliphatic heterocycles. The fraction of sp³-hybridized carbons (Fsp3) is 0.125. The van der Waals surface area contributed by atoms with Crippen LogP contribution in [0.1, 0.15) is 5.56 Å². The molecule has 4 heteroatoms. The van der Waals surface area contributed by atoms with Crippen LogP contribution in [0.3, 0.4) is 0 Å². The summed E-state index contributed by atoms with van der Waals surface area (Å²) in [6.07, 6.45) is 4.88. The van der Waals surface area contributed by atoms with E-state index >= 15 is 0 Å². The van der Waals surface area contributed by atoms with Gasteiger partial charge in [-0.2, -0.15) is 5.26 Å². The van der Waals surface area contributed by atoms with Gasteiger partial charge in [0.2, 0.25) is 12.1 Å². The van der Waals surface area contributed by atoms with E-state index in [2.05, 4.69) is 9.98 Å². The van der Waals surface area contributed by atoms with E-state index in [1.54, 1.807) is 30.7 Å². The first kappa shape index (κ1) is 8.21. The number of nitriles is 1. The summed E-state index contributed by atoms with van der Waals surface area (Å²) in [5, 5.41) is 8.30. The predicted molar refractivity (Wildman–Crippen MR) is 43.4 cm³/mol. The number of aliphatic imine (C=N–C) groups is 1. The van der Waals surface area contributed by atoms with Gasteiger partial charge in [-0.05, 0) is 12.1 Å². The summed E-state index contributed by atoms with van der Waals surface area (Å²) >= 11 is 0. The van der Waals surface area contributed by atoms with Gasteiger partial charge in [-0.25, -0.2) is 0 Å². The summed E-state index contributed by atoms with van der Waals surface area (Å²) in [5.74, 6) is 0.305. The molecule has 0 fully saturated rings. The standard InChI is InChI=1S/C8H7N3O/c1-12-8(11-6-9)7-2-4-10-5-3-7/h2-5H,1H3/b11-8-. The highest BCUT2D eigenvalue weighted by Crippen LogP contribution is 1.99. The Hall–Kier alpha value is -1.89. The van der Waals surface area contributed by atoms with Crippen molar-refractivity contribution >= 4 is 5.90 Å². The summed E-state index contributed by atoms with van der Waals surface area (Å²) in [6, 6.07) is 3.44. The van der Waals surface area contributed by atoms with Gasteiger partial charge in [0.15, 0.2) is 0 Å². The van der Waals surface area contributed by atoms with Crippen LogP contribution in [-0.4, -0.2) is 18.0 Å². The first-order valence-electron chi connectivity index (χ1n) is 3.29. The summed E-state index contributed by atoms with van der Waals surface area (Å²) in [4.78, 5) is 7.31. The second-order valence-electron chi connectivity index (χ2n) is 1.96. The average molecular weight is 161 g/mol. The molecule has 0 bridgehead atoms. The average Bonchev–Trinajstić information content (AvgIpc) is 2.15. The third-order valence-corrected chi connectivity index (χ3v) is 1.27. The lowest BCUT2D eigenvalue weighted by Crippen LogP contribution is -2.02. The fourth-order valence-corrected chi connectivity index (χ4v) is 0.768. The van der Waals surface area contributed by atoms with Crippen LogP contribution in [0.15, 0.2) is 29.5 Å². The minimum atomic E-state index is 0.305. The Kier molecular flexibility index (Phi) is 2.79. The molecule has 1 aromatic rings. The molecule has 0 aliphatic rings. The van der Waals surface area contributed by atoms with Crippen molar-refractivity contribution in [2.24, 2.45) is 4.99 Å². The van der Waals surface area contributed by atoms with Gasteiger partial charge in [-0.3, -0.25) is 4.98 Å². The molecule has 0 radical (unpaired) electrons. The van der Waals surface area contributed by atoms with Crippen molar-refractivity contribution in [1.29, 1.82) is 5.26 Å². The number of aromatic nitrogens is 1. The second kappa shape index (κ2) is 4.09. The maximum Gasteiger partial charge on any atom is 0.231 e. The first-order chi connectivity index (χ1) is 5.88. The molecule has 0 aromatic carbocycles. The Labute approximate surface area is 70.1 Å². The Balaban J connectivity index is 2.98. The van der Waals surface area contributed by atoms with Crippen molar-refractivity contribution in [1.82, 2.24) is 4.98 Å². The molecular weight excluding hydrogens is 154 g/mol. The van der Waals surface area contributed by atoms with Crippen molar-refractivity contribution in [3.8, 4) is 6.19 Å². The summed E-state index contributed by atoms with van der Waals surface area (Å²) < 4.78 is 4.88. The van der Waals surface area contributed by atoms with Gasteiger partial charge in [-0.15, -0.1) is 4.99 Å². The molecule has 12 heavy (non-hydrogen) atoms. The Morgan fingerprint density at radius 3 is 2.75 bits per heavy atom. The Morgan fingerprint density at radius 2 is 2.25 bits per heavy atom. The zero-order valence-corrected chi connectivity index (χ0v) is 6.56. The van der Waals surface area contributed by atoms with E-state index in [0.717, 1.165) is 5.56 Å². The second-order valence-corrected chi connectivity index (χ2v) is 1.96. The van der Waals surface area contributed by atoms with Crippen LogP contribution in [0.2, 0.25) is 0 Å². The topological polar surface area (TPSA) is 58.3 Å². The maximum atomic E-state index is 8.30. The van der Waals surface area contributed by atoms with Crippen LogP contribution in [0, 0.1) is 11.5 Å². The van der Waals surface area contributed by atoms with E-state index in [9.17, 15) is 0 Å². The monoisotopic (exact) mass is 161 g/mol. The van der Waals surface area contributed by atoms with Gasteiger partial charge in [0.25, 0.3) is 0 Å². The first-order valence-corrected chi connectivity index (χ1v) is 3.29. The van der Waals surface area contributed by atoms with Crippen molar-refractivity contribution in [3.05, 3.63) is 30.1 Å². The SMILES string of the molecule is CO/C(=N\C#N)c1ccncc1. The smallest absolute Gasteiger partial charge is 0.231 e. The van der Waals surface area contributed by atoms with Gasteiger partial charge in [0, 0.05) is 18.0 Å². The summed E-state index contributed by atoms with van der Waals surface area (Å²) in [5.41, 5.74) is 0.744. The maximum absolute atomic E-state index is 8.30. The number of ether oxygens (including phenoxy) is 1. The fourth-order valence-electron chi connectivity index (χ4n) is 0.768. The lowest BCUT2D eigenvalue weighted by Gasteiger charge is -2.00. The number of hydrogen-bond donors (Lipinski definition) is 0. The predicted octanol–water partition coefficient (Wildman–Crippen LogP) is 0.956. The van der Waals surface area contributed by atoms with Crippen molar-refractivity contribution in [3.63, 3.8) is 0 Å². The molecular formula is C8H7N3O. The van der Waals surface area contributed by atoms with Crippen molar-refractivity contribution in [2.45, 2.75) is 0 Å². The molecule has 1 aromatic heterocycles. The van der Waals surface area contributed by atoms with E-state index in [-0.39, 0.29) is 0 Å². The molecule has 0 saturated heterocycles. The van der Waals surface area contributed by atoms with Crippen LogP contribution in [-0.2, 0) is 4.74 Å². The number of pyridine rings is 1. The molecule has 60 valence electrons. The number of hydrogen-bond acceptors (Lipinski definition) is 4. The van der Waals surface area contributed by atoms with Crippen LogP contribution in [0.25, 0.3) is 0 Å². The molecule has 0 amide bonds. The quantitative estimate of drug-likeness (QED) is 0.350. The van der Waals surface area contributed by atoms with E-state index < -0.39 is 0 Å². The Bertz CT molecular complexity index is 313. The van der Waals surface area contributed by atoms with Gasteiger partial charge in [-0.1, -0.05) is 0 Å². The van der Waals surface area contributed by atoms with Gasteiger partial charge < -0.3 is 4.74 Å². The van der Waals surface area contributed by atoms with Crippen LogP contribution in [0.5, 0.6) is 0 Å². The lowest BCUT2D eigenvalue weighted by molar-refractivity contribution is 0.405. The third kappa shape index (κ3) is 1.80. The molecule has 1 heterocycles. The van der Waals surface area contributed by atoms with E-state index in [0.29, 0.717) is 5.90 Å². The molecule has 4 nitrogen and oxygen atoms in total. The molecule has 0 unspecified atom stereocenters. The normalized spacial score (nSPS) is 10.5. The van der Waals surface area contributed by atoms with Crippen molar-refractivity contribution < 1.29 is 4.74 Å². The lowest BCUT2D eigenvalue weighted by atomic mass is 10.3. The molecule has 0 N–H and O–H groups in total. The van der Waals surface area contributed by atoms with Crippen LogP contribution < -0.4 is 0 Å². The largest absolute Gasteiger partial charge is 0.480 e. The van der Waals surface area contributed by atoms with E-state index in [1.165, 1.54) is 7.11 Å². The number of rotatable bonds is 1. The van der Waals surface area contributed by atoms with Gasteiger partial charge >= 0.3 is 0 Å². The minimum absolute atomic E-state index is 0.305. The molecule has 1 rings (SSSR count). The minimum Gasteiger partial charge on any atom is -0.480 e. The Morgan fingerprint density at radius 1 is 1.58 bits per heavy atom. The van der Waals surface area contributed by atoms with Gasteiger partial charge in [0.1, 0.15) is 0 Å².